The summed E-state index contributed by atoms with van der Waals surface area (Å²) >= 11 is 0. The maximum Gasteiger partial charge on any atom is 0.365 e. The van der Waals surface area contributed by atoms with Gasteiger partial charge in [-0.3, -0.25) is 14.4 Å². The molecule has 230 valence electrons. The molecular weight excluding hydrogens is 544 g/mol. The van der Waals surface area contributed by atoms with Crippen LogP contribution in [0.4, 0.5) is 0 Å². The first-order valence-electron chi connectivity index (χ1n) is 15.4. The fraction of sp³-hybridized carbons (Fsp3) is 0.686. The number of hydrogen-bond donors (Lipinski definition) is 0. The van der Waals surface area contributed by atoms with Gasteiger partial charge in [-0.05, 0) is 79.8 Å². The highest BCUT2D eigenvalue weighted by molar-refractivity contribution is 6.06. The van der Waals surface area contributed by atoms with Crippen LogP contribution in [0.5, 0.6) is 0 Å². The molecule has 7 atom stereocenters. The molecule has 0 aromatic rings. The second-order valence-corrected chi connectivity index (χ2v) is 15.1. The van der Waals surface area contributed by atoms with Crippen LogP contribution in [0.3, 0.4) is 0 Å². The Kier molecular flexibility index (Phi) is 7.37. The minimum Gasteiger partial charge on any atom is -0.468 e. The van der Waals surface area contributed by atoms with Crippen molar-refractivity contribution in [1.29, 1.82) is 5.26 Å². The van der Waals surface area contributed by atoms with Gasteiger partial charge in [0.15, 0.2) is 17.0 Å². The summed E-state index contributed by atoms with van der Waals surface area (Å²) in [5.74, 6) is -1.33. The van der Waals surface area contributed by atoms with E-state index in [0.29, 0.717) is 25.7 Å². The van der Waals surface area contributed by atoms with Crippen molar-refractivity contribution in [1.82, 2.24) is 0 Å². The number of nitriles is 1. The van der Waals surface area contributed by atoms with E-state index in [9.17, 15) is 19.6 Å². The van der Waals surface area contributed by atoms with Crippen LogP contribution in [0.2, 0.25) is 0 Å². The Hall–Kier alpha value is -3.23. The number of carbonyl (C=O) groups excluding carboxylic acids is 3. The molecule has 0 saturated heterocycles. The molecule has 8 heteroatoms. The van der Waals surface area contributed by atoms with Crippen molar-refractivity contribution < 1.29 is 28.7 Å². The first-order chi connectivity index (χ1) is 20.1. The lowest BCUT2D eigenvalue weighted by molar-refractivity contribution is -0.158. The maximum absolute atomic E-state index is 14.6. The third kappa shape index (κ3) is 4.20. The number of hydrogen-bond acceptors (Lipinski definition) is 7. The average molecular weight is 590 g/mol. The highest BCUT2D eigenvalue weighted by Crippen LogP contribution is 2.73. The molecule has 2 saturated carbocycles. The second-order valence-electron chi connectivity index (χ2n) is 15.1. The SMILES string of the molecule is COCO[N+]#C[C@]1(C)C(=O)C(C#N)=CC2(C)C3=CC(=O)C4C5=CCC(C)(C)CC[C@]5(C(=O)OC)CC[C@@]4(C)[C@]3(C)CCC21. The summed E-state index contributed by atoms with van der Waals surface area (Å²) in [5, 5.41) is 14.0. The summed E-state index contributed by atoms with van der Waals surface area (Å²) in [6, 6.07) is 5.06. The zero-order chi connectivity index (χ0) is 31.6. The van der Waals surface area contributed by atoms with Crippen LogP contribution in [-0.4, -0.2) is 38.5 Å². The number of nitrogens with zero attached hydrogens (tertiary/aromatic N) is 2. The van der Waals surface area contributed by atoms with Crippen LogP contribution in [0.15, 0.2) is 34.9 Å². The lowest BCUT2D eigenvalue weighted by Gasteiger charge is -2.66. The Morgan fingerprint density at radius 2 is 1.74 bits per heavy atom. The molecule has 0 bridgehead atoms. The normalized spacial score (nSPS) is 41.1. The van der Waals surface area contributed by atoms with Crippen molar-refractivity contribution in [2.75, 3.05) is 21.0 Å². The zero-order valence-corrected chi connectivity index (χ0v) is 26.9. The van der Waals surface area contributed by atoms with Crippen LogP contribution in [0, 0.1) is 61.7 Å². The van der Waals surface area contributed by atoms with Gasteiger partial charge in [0.25, 0.3) is 6.79 Å². The standard InChI is InChI=1S/C35H45N2O6/c1-30(2)11-9-23-27-24(38)17-26-31(3)18-22(19-36)28(39)32(4,20-37-43-21-41-7)25(31)10-12-33(26,5)34(27,6)14-16-35(23,15-13-30)29(40)42-8/h9,17-18,25,27H,10-16,21H2,1-8H3/q+1/t25?,27?,31?,32-,33+,34+,35-/m0/s1. The molecule has 5 aliphatic carbocycles. The van der Waals surface area contributed by atoms with Crippen LogP contribution in [-0.2, 0) is 28.7 Å². The second kappa shape index (κ2) is 10.2. The molecule has 5 aliphatic rings. The molecule has 0 radical (unpaired) electrons. The Morgan fingerprint density at radius 3 is 2.40 bits per heavy atom. The molecule has 0 aliphatic heterocycles. The molecule has 0 heterocycles. The lowest BCUT2D eigenvalue weighted by Crippen LogP contribution is -2.63. The van der Waals surface area contributed by atoms with Gasteiger partial charge in [0.1, 0.15) is 6.07 Å². The lowest BCUT2D eigenvalue weighted by atomic mass is 9.36. The van der Waals surface area contributed by atoms with Gasteiger partial charge in [0.05, 0.1) is 18.1 Å². The first kappa shape index (κ1) is 31.2. The molecule has 0 aromatic heterocycles. The highest BCUT2D eigenvalue weighted by atomic mass is 16.7. The van der Waals surface area contributed by atoms with Gasteiger partial charge in [0, 0.05) is 24.4 Å². The van der Waals surface area contributed by atoms with Gasteiger partial charge in [-0.25, -0.2) is 0 Å². The number of Topliss-reactive ketones (excluding diaryl/α,β-unsaturated/α-hetero) is 1. The smallest absolute Gasteiger partial charge is 0.365 e. The van der Waals surface area contributed by atoms with Crippen molar-refractivity contribution in [3.8, 4) is 12.1 Å². The maximum atomic E-state index is 14.6. The van der Waals surface area contributed by atoms with E-state index < -0.39 is 33.0 Å². The topological polar surface area (TPSA) is 107 Å². The van der Waals surface area contributed by atoms with Gasteiger partial charge in [-0.2, -0.15) is 5.26 Å². The van der Waals surface area contributed by atoms with Gasteiger partial charge in [-0.1, -0.05) is 52.3 Å². The van der Waals surface area contributed by atoms with Gasteiger partial charge >= 0.3 is 12.0 Å². The molecule has 5 rings (SSSR count). The zero-order valence-electron chi connectivity index (χ0n) is 26.9. The van der Waals surface area contributed by atoms with Crippen molar-refractivity contribution in [3.63, 3.8) is 0 Å². The number of fused-ring (bicyclic) bond motifs is 7. The molecular formula is C35H45N2O6+. The van der Waals surface area contributed by atoms with Gasteiger partial charge < -0.3 is 9.47 Å². The van der Waals surface area contributed by atoms with E-state index >= 15 is 0 Å². The predicted molar refractivity (Wildman–Crippen MR) is 160 cm³/mol. The summed E-state index contributed by atoms with van der Waals surface area (Å²) < 4.78 is 10.4. The van der Waals surface area contributed by atoms with Crippen molar-refractivity contribution >= 4 is 17.5 Å². The summed E-state index contributed by atoms with van der Waals surface area (Å²) in [6.45, 7) is 12.6. The average Bonchev–Trinajstić information content (AvgIpc) is 3.10. The minimum atomic E-state index is -1.23. The van der Waals surface area contributed by atoms with Crippen molar-refractivity contribution in [3.05, 3.63) is 40.0 Å². The predicted octanol–water partition coefficient (Wildman–Crippen LogP) is 6.54. The van der Waals surface area contributed by atoms with E-state index in [0.717, 1.165) is 30.4 Å². The first-order valence-corrected chi connectivity index (χ1v) is 15.4. The number of ketones is 2. The molecule has 0 aromatic carbocycles. The molecule has 2 fully saturated rings. The van der Waals surface area contributed by atoms with E-state index in [4.69, 9.17) is 14.3 Å². The van der Waals surface area contributed by atoms with Crippen LogP contribution in [0.25, 0.3) is 5.01 Å². The Bertz CT molecular complexity index is 1470. The van der Waals surface area contributed by atoms with E-state index in [-0.39, 0.29) is 41.2 Å². The van der Waals surface area contributed by atoms with Crippen LogP contribution in [0.1, 0.15) is 86.5 Å². The monoisotopic (exact) mass is 589 g/mol. The fourth-order valence-corrected chi connectivity index (χ4v) is 9.65. The molecule has 0 spiro atoms. The number of allylic oxidation sites excluding steroid dienone is 5. The van der Waals surface area contributed by atoms with E-state index in [1.54, 1.807) is 19.1 Å². The molecule has 8 nitrogen and oxygen atoms in total. The Labute approximate surface area is 255 Å². The highest BCUT2D eigenvalue weighted by Gasteiger charge is 2.70. The number of ether oxygens (including phenoxy) is 2. The molecule has 0 N–H and O–H groups in total. The molecule has 0 amide bonds. The van der Waals surface area contributed by atoms with Gasteiger partial charge in [-0.15, -0.1) is 4.84 Å². The summed E-state index contributed by atoms with van der Waals surface area (Å²) in [4.78, 5) is 47.0. The molecule has 43 heavy (non-hydrogen) atoms. The van der Waals surface area contributed by atoms with E-state index in [1.807, 2.05) is 6.92 Å². The Morgan fingerprint density at radius 1 is 1.05 bits per heavy atom. The quantitative estimate of drug-likeness (QED) is 0.121. The Balaban J connectivity index is 1.69. The number of carbonyl (C=O) groups is 3. The van der Waals surface area contributed by atoms with Crippen LogP contribution < -0.4 is 0 Å². The third-order valence-electron chi connectivity index (χ3n) is 12.4. The van der Waals surface area contributed by atoms with Crippen molar-refractivity contribution in [2.24, 2.45) is 44.3 Å². The summed E-state index contributed by atoms with van der Waals surface area (Å²) in [7, 11) is 2.93. The largest absolute Gasteiger partial charge is 0.468 e. The number of methoxy groups -OCH3 is 2. The minimum absolute atomic E-state index is 0.0117. The summed E-state index contributed by atoms with van der Waals surface area (Å²) in [5.41, 5.74) is -1.77. The van der Waals surface area contributed by atoms with E-state index in [1.165, 1.54) is 14.2 Å². The third-order valence-corrected chi connectivity index (χ3v) is 12.4. The number of rotatable bonds is 3. The number of esters is 1. The van der Waals surface area contributed by atoms with E-state index in [2.05, 4.69) is 50.9 Å². The molecule has 3 unspecified atom stereocenters. The van der Waals surface area contributed by atoms with Crippen LogP contribution >= 0.6 is 0 Å². The fourth-order valence-electron chi connectivity index (χ4n) is 9.65. The van der Waals surface area contributed by atoms with Gasteiger partial charge in [0.2, 0.25) is 5.01 Å². The van der Waals surface area contributed by atoms with Crippen molar-refractivity contribution in [2.45, 2.75) is 86.5 Å². The summed E-state index contributed by atoms with van der Waals surface area (Å²) in [6.07, 6.45) is 10.8.